The van der Waals surface area contributed by atoms with E-state index in [4.69, 9.17) is 10.2 Å². The first-order valence-corrected chi connectivity index (χ1v) is 3.71. The molecule has 0 aromatic heterocycles. The second-order valence-corrected chi connectivity index (χ2v) is 2.52. The van der Waals surface area contributed by atoms with E-state index in [0.717, 1.165) is 6.08 Å². The predicted octanol–water partition coefficient (Wildman–Crippen LogP) is 1.58. The van der Waals surface area contributed by atoms with Crippen LogP contribution in [0.5, 0.6) is 5.75 Å². The SMILES string of the molecule is O=NC(=O)/C(O)=C/c1cccc(O)c1. The van der Waals surface area contributed by atoms with Gasteiger partial charge in [0.05, 0.1) is 0 Å². The summed E-state index contributed by atoms with van der Waals surface area (Å²) in [4.78, 5) is 20.3. The fourth-order valence-corrected chi connectivity index (χ4v) is 0.881. The molecular formula is C9H7NO4. The van der Waals surface area contributed by atoms with Crippen molar-refractivity contribution in [2.45, 2.75) is 0 Å². The molecule has 0 atom stereocenters. The first-order chi connectivity index (χ1) is 6.63. The number of benzene rings is 1. The van der Waals surface area contributed by atoms with Crippen molar-refractivity contribution in [1.29, 1.82) is 0 Å². The number of hydrogen-bond donors (Lipinski definition) is 2. The molecule has 0 saturated carbocycles. The summed E-state index contributed by atoms with van der Waals surface area (Å²) in [6.07, 6.45) is 1.05. The molecule has 5 heteroatoms. The van der Waals surface area contributed by atoms with Crippen molar-refractivity contribution in [2.75, 3.05) is 0 Å². The van der Waals surface area contributed by atoms with Crippen LogP contribution in [0.4, 0.5) is 0 Å². The van der Waals surface area contributed by atoms with Gasteiger partial charge in [0.1, 0.15) is 5.75 Å². The number of hydrogen-bond acceptors (Lipinski definition) is 4. The molecule has 0 aliphatic heterocycles. The number of aromatic hydroxyl groups is 1. The lowest BCUT2D eigenvalue weighted by Crippen LogP contribution is -1.95. The standard InChI is InChI=1S/C9H7NO4/c11-7-3-1-2-6(4-7)5-8(12)9(13)10-14/h1-5,11-12H/b8-5-. The van der Waals surface area contributed by atoms with E-state index in [9.17, 15) is 9.70 Å². The third-order valence-electron chi connectivity index (χ3n) is 1.48. The van der Waals surface area contributed by atoms with E-state index >= 15 is 0 Å². The molecule has 0 saturated heterocycles. The van der Waals surface area contributed by atoms with Crippen LogP contribution >= 0.6 is 0 Å². The number of aliphatic hydroxyl groups excluding tert-OH is 1. The second kappa shape index (κ2) is 4.18. The molecular weight excluding hydrogens is 186 g/mol. The van der Waals surface area contributed by atoms with E-state index in [0.29, 0.717) is 5.56 Å². The Morgan fingerprint density at radius 2 is 2.14 bits per heavy atom. The van der Waals surface area contributed by atoms with E-state index in [-0.39, 0.29) is 5.75 Å². The zero-order valence-corrected chi connectivity index (χ0v) is 7.04. The van der Waals surface area contributed by atoms with Crippen LogP contribution in [0.25, 0.3) is 6.08 Å². The molecule has 5 nitrogen and oxygen atoms in total. The topological polar surface area (TPSA) is 87.0 Å². The molecule has 1 aromatic rings. The van der Waals surface area contributed by atoms with Crippen LogP contribution < -0.4 is 0 Å². The molecule has 14 heavy (non-hydrogen) atoms. The molecule has 0 fully saturated rings. The second-order valence-electron chi connectivity index (χ2n) is 2.52. The summed E-state index contributed by atoms with van der Waals surface area (Å²) in [6, 6.07) is 5.85. The van der Waals surface area contributed by atoms with E-state index in [2.05, 4.69) is 0 Å². The molecule has 0 spiro atoms. The summed E-state index contributed by atoms with van der Waals surface area (Å²) in [5.41, 5.74) is 0.402. The minimum Gasteiger partial charge on any atom is -0.508 e. The lowest BCUT2D eigenvalue weighted by atomic mass is 10.2. The van der Waals surface area contributed by atoms with Gasteiger partial charge in [0.15, 0.2) is 5.76 Å². The van der Waals surface area contributed by atoms with Crippen LogP contribution in [-0.2, 0) is 4.79 Å². The monoisotopic (exact) mass is 193 g/mol. The normalized spacial score (nSPS) is 11.0. The Morgan fingerprint density at radius 1 is 1.43 bits per heavy atom. The molecule has 1 amide bonds. The highest BCUT2D eigenvalue weighted by Gasteiger charge is 2.06. The zero-order chi connectivity index (χ0) is 10.6. The maximum atomic E-state index is 10.5. The zero-order valence-electron chi connectivity index (χ0n) is 7.04. The molecule has 0 radical (unpaired) electrons. The quantitative estimate of drug-likeness (QED) is 0.424. The fraction of sp³-hybridized carbons (Fsp3) is 0. The Morgan fingerprint density at radius 3 is 2.71 bits per heavy atom. The minimum absolute atomic E-state index is 0.00180. The van der Waals surface area contributed by atoms with Gasteiger partial charge in [-0.2, -0.15) is 0 Å². The van der Waals surface area contributed by atoms with Gasteiger partial charge in [0.25, 0.3) is 0 Å². The van der Waals surface area contributed by atoms with Crippen molar-refractivity contribution >= 4 is 12.0 Å². The Kier molecular flexibility index (Phi) is 2.96. The molecule has 0 unspecified atom stereocenters. The summed E-state index contributed by atoms with van der Waals surface area (Å²) in [7, 11) is 0. The van der Waals surface area contributed by atoms with Gasteiger partial charge in [-0.3, -0.25) is 4.79 Å². The van der Waals surface area contributed by atoms with Gasteiger partial charge in [-0.1, -0.05) is 12.1 Å². The van der Waals surface area contributed by atoms with Gasteiger partial charge >= 0.3 is 5.91 Å². The van der Waals surface area contributed by atoms with Gasteiger partial charge < -0.3 is 10.2 Å². The van der Waals surface area contributed by atoms with Crippen molar-refractivity contribution in [3.05, 3.63) is 40.5 Å². The van der Waals surface area contributed by atoms with Crippen molar-refractivity contribution in [1.82, 2.24) is 0 Å². The highest BCUT2D eigenvalue weighted by atomic mass is 16.3. The van der Waals surface area contributed by atoms with E-state index in [1.165, 1.54) is 18.2 Å². The van der Waals surface area contributed by atoms with Crippen LogP contribution in [0.2, 0.25) is 0 Å². The third kappa shape index (κ3) is 2.41. The maximum absolute atomic E-state index is 10.5. The number of carbonyl (C=O) groups is 1. The average molecular weight is 193 g/mol. The van der Waals surface area contributed by atoms with E-state index < -0.39 is 11.7 Å². The third-order valence-corrected chi connectivity index (χ3v) is 1.48. The van der Waals surface area contributed by atoms with Crippen LogP contribution in [0.15, 0.2) is 35.2 Å². The first-order valence-electron chi connectivity index (χ1n) is 3.71. The number of carbonyl (C=O) groups excluding carboxylic acids is 1. The maximum Gasteiger partial charge on any atom is 0.350 e. The number of phenols is 1. The van der Waals surface area contributed by atoms with E-state index in [1.807, 2.05) is 5.18 Å². The molecule has 2 N–H and O–H groups in total. The van der Waals surface area contributed by atoms with E-state index in [1.54, 1.807) is 6.07 Å². The summed E-state index contributed by atoms with van der Waals surface area (Å²) in [6.45, 7) is 0. The van der Waals surface area contributed by atoms with Crippen LogP contribution in [0, 0.1) is 4.91 Å². The molecule has 0 aliphatic rings. The Balaban J connectivity index is 2.97. The number of nitroso groups, excluding NO2 is 1. The van der Waals surface area contributed by atoms with Crippen LogP contribution in [0.1, 0.15) is 5.56 Å². The number of aliphatic hydroxyl groups is 1. The fourth-order valence-electron chi connectivity index (χ4n) is 0.881. The highest BCUT2D eigenvalue weighted by Crippen LogP contribution is 2.13. The summed E-state index contributed by atoms with van der Waals surface area (Å²) in [5, 5.41) is 20.1. The van der Waals surface area contributed by atoms with Crippen molar-refractivity contribution in [3.8, 4) is 5.75 Å². The molecule has 0 aliphatic carbocycles. The lowest BCUT2D eigenvalue weighted by molar-refractivity contribution is -0.116. The Labute approximate surface area is 79.3 Å². The molecule has 0 heterocycles. The summed E-state index contributed by atoms with van der Waals surface area (Å²) < 4.78 is 0. The number of phenolic OH excluding ortho intramolecular Hbond substituents is 1. The average Bonchev–Trinajstić information content (AvgIpc) is 2.16. The van der Waals surface area contributed by atoms with Crippen molar-refractivity contribution in [2.24, 2.45) is 5.18 Å². The molecule has 72 valence electrons. The van der Waals surface area contributed by atoms with Crippen molar-refractivity contribution in [3.63, 3.8) is 0 Å². The lowest BCUT2D eigenvalue weighted by Gasteiger charge is -1.95. The molecule has 1 aromatic carbocycles. The molecule has 1 rings (SSSR count). The minimum atomic E-state index is -1.24. The predicted molar refractivity (Wildman–Crippen MR) is 49.5 cm³/mol. The first kappa shape index (κ1) is 9.91. The van der Waals surface area contributed by atoms with Gasteiger partial charge in [-0.25, -0.2) is 0 Å². The smallest absolute Gasteiger partial charge is 0.350 e. The Bertz CT molecular complexity index is 398. The van der Waals surface area contributed by atoms with Crippen LogP contribution in [0.3, 0.4) is 0 Å². The number of nitrogens with zero attached hydrogens (tertiary/aromatic N) is 1. The largest absolute Gasteiger partial charge is 0.508 e. The summed E-state index contributed by atoms with van der Waals surface area (Å²) in [5.74, 6) is -2.00. The van der Waals surface area contributed by atoms with Crippen molar-refractivity contribution < 1.29 is 15.0 Å². The van der Waals surface area contributed by atoms with Gasteiger partial charge in [-0.05, 0) is 23.8 Å². The molecule has 0 bridgehead atoms. The van der Waals surface area contributed by atoms with Gasteiger partial charge in [0.2, 0.25) is 0 Å². The van der Waals surface area contributed by atoms with Crippen LogP contribution in [-0.4, -0.2) is 16.1 Å². The van der Waals surface area contributed by atoms with Gasteiger partial charge in [0, 0.05) is 5.18 Å². The summed E-state index contributed by atoms with van der Waals surface area (Å²) >= 11 is 0. The van der Waals surface area contributed by atoms with Gasteiger partial charge in [-0.15, -0.1) is 4.91 Å². The number of amides is 1. The number of rotatable bonds is 2. The highest BCUT2D eigenvalue weighted by molar-refractivity contribution is 5.95. The Hall–Kier alpha value is -2.17.